The van der Waals surface area contributed by atoms with E-state index in [1.807, 2.05) is 24.3 Å². The molecule has 1 aromatic carbocycles. The minimum Gasteiger partial charge on any atom is -0.484 e. The summed E-state index contributed by atoms with van der Waals surface area (Å²) in [7, 11) is 0. The molecule has 0 spiro atoms. The molecule has 2 N–H and O–H groups in total. The van der Waals surface area contributed by atoms with Gasteiger partial charge in [-0.2, -0.15) is 0 Å². The van der Waals surface area contributed by atoms with Crippen LogP contribution in [-0.2, 0) is 4.79 Å². The third kappa shape index (κ3) is 5.05. The van der Waals surface area contributed by atoms with Gasteiger partial charge in [0.2, 0.25) is 0 Å². The molecule has 1 heterocycles. The van der Waals surface area contributed by atoms with Crippen molar-refractivity contribution in [3.05, 3.63) is 29.8 Å². The Morgan fingerprint density at radius 2 is 2.10 bits per heavy atom. The van der Waals surface area contributed by atoms with Gasteiger partial charge >= 0.3 is 0 Å². The molecule has 1 aliphatic rings. The first kappa shape index (κ1) is 15.8. The molecular formula is C17H26N2O2. The van der Waals surface area contributed by atoms with Gasteiger partial charge in [-0.15, -0.1) is 0 Å². The molecule has 2 atom stereocenters. The second-order valence-electron chi connectivity index (χ2n) is 6.16. The number of nitrogens with one attached hydrogen (secondary N) is 2. The number of hydrogen-bond donors (Lipinski definition) is 2. The van der Waals surface area contributed by atoms with E-state index in [0.717, 1.165) is 25.1 Å². The molecule has 0 saturated carbocycles. The number of rotatable bonds is 5. The third-order valence-electron chi connectivity index (χ3n) is 3.91. The van der Waals surface area contributed by atoms with Crippen molar-refractivity contribution in [3.8, 4) is 5.75 Å². The molecular weight excluding hydrogens is 264 g/mol. The fourth-order valence-electron chi connectivity index (χ4n) is 2.63. The van der Waals surface area contributed by atoms with Crippen molar-refractivity contribution in [3.63, 3.8) is 0 Å². The molecule has 1 aromatic rings. The smallest absolute Gasteiger partial charge is 0.258 e. The Balaban J connectivity index is 1.75. The third-order valence-corrected chi connectivity index (χ3v) is 3.91. The number of carbonyl (C=O) groups is 1. The number of piperidine rings is 1. The van der Waals surface area contributed by atoms with Crippen LogP contribution in [0.25, 0.3) is 0 Å². The van der Waals surface area contributed by atoms with Crippen LogP contribution in [-0.4, -0.2) is 31.1 Å². The summed E-state index contributed by atoms with van der Waals surface area (Å²) in [6.45, 7) is 7.50. The minimum atomic E-state index is -0.0398. The van der Waals surface area contributed by atoms with Crippen molar-refractivity contribution in [2.24, 2.45) is 0 Å². The Morgan fingerprint density at radius 1 is 1.38 bits per heavy atom. The van der Waals surface area contributed by atoms with Crippen molar-refractivity contribution >= 4 is 5.91 Å². The zero-order valence-corrected chi connectivity index (χ0v) is 13.2. The lowest BCUT2D eigenvalue weighted by molar-refractivity contribution is -0.124. The summed E-state index contributed by atoms with van der Waals surface area (Å²) in [6.07, 6.45) is 1.97. The van der Waals surface area contributed by atoms with E-state index in [-0.39, 0.29) is 18.6 Å². The zero-order chi connectivity index (χ0) is 15.2. The normalized spacial score (nSPS) is 22.1. The molecule has 1 amide bonds. The molecule has 1 fully saturated rings. The van der Waals surface area contributed by atoms with Crippen molar-refractivity contribution in [2.75, 3.05) is 13.2 Å². The van der Waals surface area contributed by atoms with E-state index >= 15 is 0 Å². The zero-order valence-electron chi connectivity index (χ0n) is 13.2. The molecule has 1 aliphatic heterocycles. The highest BCUT2D eigenvalue weighted by atomic mass is 16.5. The van der Waals surface area contributed by atoms with Gasteiger partial charge in [-0.25, -0.2) is 0 Å². The van der Waals surface area contributed by atoms with Crippen LogP contribution in [0, 0.1) is 0 Å². The van der Waals surface area contributed by atoms with Gasteiger partial charge in [-0.05, 0) is 49.9 Å². The lowest BCUT2D eigenvalue weighted by Crippen LogP contribution is -2.47. The summed E-state index contributed by atoms with van der Waals surface area (Å²) in [6, 6.07) is 8.68. The van der Waals surface area contributed by atoms with Crippen LogP contribution in [0.15, 0.2) is 24.3 Å². The average Bonchev–Trinajstić information content (AvgIpc) is 2.45. The maximum Gasteiger partial charge on any atom is 0.258 e. The Hall–Kier alpha value is -1.55. The van der Waals surface area contributed by atoms with Crippen LogP contribution in [0.4, 0.5) is 0 Å². The highest BCUT2D eigenvalue weighted by molar-refractivity contribution is 5.77. The van der Waals surface area contributed by atoms with E-state index in [1.54, 1.807) is 0 Å². The first-order valence-corrected chi connectivity index (χ1v) is 7.80. The van der Waals surface area contributed by atoms with E-state index in [4.69, 9.17) is 4.74 Å². The Kier molecular flexibility index (Phi) is 5.62. The van der Waals surface area contributed by atoms with Crippen LogP contribution in [0.5, 0.6) is 5.75 Å². The first-order valence-electron chi connectivity index (χ1n) is 7.80. The quantitative estimate of drug-likeness (QED) is 0.876. The van der Waals surface area contributed by atoms with Gasteiger partial charge in [0.15, 0.2) is 6.61 Å². The van der Waals surface area contributed by atoms with Gasteiger partial charge in [-0.3, -0.25) is 4.79 Å². The lowest BCUT2D eigenvalue weighted by Gasteiger charge is -2.28. The SMILES string of the molecule is CC1CC(NC(=O)COc2ccc(C(C)C)cc2)CCN1. The molecule has 0 aromatic heterocycles. The van der Waals surface area contributed by atoms with Gasteiger partial charge in [0.25, 0.3) is 5.91 Å². The van der Waals surface area contributed by atoms with E-state index in [2.05, 4.69) is 31.4 Å². The fourth-order valence-corrected chi connectivity index (χ4v) is 2.63. The summed E-state index contributed by atoms with van der Waals surface area (Å²) in [4.78, 5) is 11.9. The molecule has 4 heteroatoms. The summed E-state index contributed by atoms with van der Waals surface area (Å²) in [5.74, 6) is 1.21. The first-order chi connectivity index (χ1) is 10.0. The second kappa shape index (κ2) is 7.46. The van der Waals surface area contributed by atoms with E-state index < -0.39 is 0 Å². The summed E-state index contributed by atoms with van der Waals surface area (Å²) in [5, 5.41) is 6.42. The molecule has 4 nitrogen and oxygen atoms in total. The number of amides is 1. The summed E-state index contributed by atoms with van der Waals surface area (Å²) >= 11 is 0. The Bertz CT molecular complexity index is 456. The molecule has 0 aliphatic carbocycles. The Labute approximate surface area is 127 Å². The monoisotopic (exact) mass is 290 g/mol. The summed E-state index contributed by atoms with van der Waals surface area (Å²) < 4.78 is 5.54. The highest BCUT2D eigenvalue weighted by Gasteiger charge is 2.19. The average molecular weight is 290 g/mol. The van der Waals surface area contributed by atoms with Gasteiger partial charge in [0.05, 0.1) is 0 Å². The van der Waals surface area contributed by atoms with Crippen molar-refractivity contribution in [2.45, 2.75) is 51.6 Å². The lowest BCUT2D eigenvalue weighted by atomic mass is 10.0. The molecule has 0 bridgehead atoms. The van der Waals surface area contributed by atoms with Crippen LogP contribution >= 0.6 is 0 Å². The maximum absolute atomic E-state index is 11.9. The number of hydrogen-bond acceptors (Lipinski definition) is 3. The van der Waals surface area contributed by atoms with Crippen molar-refractivity contribution in [1.29, 1.82) is 0 Å². The second-order valence-corrected chi connectivity index (χ2v) is 6.16. The topological polar surface area (TPSA) is 50.4 Å². The molecule has 2 rings (SSSR count). The number of ether oxygens (including phenoxy) is 1. The largest absolute Gasteiger partial charge is 0.484 e. The van der Waals surface area contributed by atoms with Crippen molar-refractivity contribution < 1.29 is 9.53 Å². The molecule has 21 heavy (non-hydrogen) atoms. The van der Waals surface area contributed by atoms with Crippen LogP contribution in [0.2, 0.25) is 0 Å². The molecule has 2 unspecified atom stereocenters. The van der Waals surface area contributed by atoms with Gasteiger partial charge < -0.3 is 15.4 Å². The molecule has 1 saturated heterocycles. The number of carbonyl (C=O) groups excluding carboxylic acids is 1. The minimum absolute atomic E-state index is 0.0398. The standard InChI is InChI=1S/C17H26N2O2/c1-12(2)14-4-6-16(7-5-14)21-11-17(20)19-15-8-9-18-13(3)10-15/h4-7,12-13,15,18H,8-11H2,1-3H3,(H,19,20). The Morgan fingerprint density at radius 3 is 2.71 bits per heavy atom. The number of benzene rings is 1. The van der Waals surface area contributed by atoms with Crippen LogP contribution in [0.1, 0.15) is 45.1 Å². The van der Waals surface area contributed by atoms with Crippen LogP contribution < -0.4 is 15.4 Å². The molecule has 116 valence electrons. The van der Waals surface area contributed by atoms with E-state index in [9.17, 15) is 4.79 Å². The van der Waals surface area contributed by atoms with Crippen molar-refractivity contribution in [1.82, 2.24) is 10.6 Å². The van der Waals surface area contributed by atoms with Gasteiger partial charge in [0, 0.05) is 12.1 Å². The predicted octanol–water partition coefficient (Wildman–Crippen LogP) is 2.45. The maximum atomic E-state index is 11.9. The summed E-state index contributed by atoms with van der Waals surface area (Å²) in [5.41, 5.74) is 1.27. The highest BCUT2D eigenvalue weighted by Crippen LogP contribution is 2.18. The molecule has 0 radical (unpaired) electrons. The van der Waals surface area contributed by atoms with Gasteiger partial charge in [0.1, 0.15) is 5.75 Å². The fraction of sp³-hybridized carbons (Fsp3) is 0.588. The van der Waals surface area contributed by atoms with Crippen LogP contribution in [0.3, 0.4) is 0 Å². The predicted molar refractivity (Wildman–Crippen MR) is 84.7 cm³/mol. The van der Waals surface area contributed by atoms with Gasteiger partial charge in [-0.1, -0.05) is 26.0 Å². The van der Waals surface area contributed by atoms with E-state index in [0.29, 0.717) is 12.0 Å². The van der Waals surface area contributed by atoms with E-state index in [1.165, 1.54) is 5.56 Å².